The highest BCUT2D eigenvalue weighted by Crippen LogP contribution is 2.27. The molecule has 4 aromatic rings. The first-order valence-corrected chi connectivity index (χ1v) is 9.46. The summed E-state index contributed by atoms with van der Waals surface area (Å²) in [6, 6.07) is 22.0. The Morgan fingerprint density at radius 1 is 0.929 bits per heavy atom. The second-order valence-electron chi connectivity index (χ2n) is 7.06. The van der Waals surface area contributed by atoms with Crippen molar-refractivity contribution in [3.8, 4) is 11.3 Å². The van der Waals surface area contributed by atoms with Crippen LogP contribution in [0.25, 0.3) is 22.2 Å². The number of carbonyl (C=O) groups excluding carboxylic acids is 1. The maximum absolute atomic E-state index is 13.5. The van der Waals surface area contributed by atoms with Crippen molar-refractivity contribution in [3.63, 3.8) is 0 Å². The third-order valence-electron chi connectivity index (χ3n) is 5.32. The Balaban J connectivity index is 1.59. The average Bonchev–Trinajstić information content (AvgIpc) is 2.78. The number of rotatable bonds is 2. The maximum Gasteiger partial charge on any atom is 0.254 e. The normalized spacial score (nSPS) is 13.4. The molecule has 0 saturated carbocycles. The third kappa shape index (κ3) is 2.93. The first-order chi connectivity index (χ1) is 13.8. The van der Waals surface area contributed by atoms with Crippen molar-refractivity contribution in [2.75, 3.05) is 6.54 Å². The van der Waals surface area contributed by atoms with Gasteiger partial charge in [-0.3, -0.25) is 9.78 Å². The summed E-state index contributed by atoms with van der Waals surface area (Å²) in [4.78, 5) is 24.4. The fourth-order valence-corrected chi connectivity index (χ4v) is 3.85. The van der Waals surface area contributed by atoms with Gasteiger partial charge in [-0.25, -0.2) is 4.98 Å². The molecule has 0 radical (unpaired) electrons. The highest BCUT2D eigenvalue weighted by atomic mass is 16.2. The van der Waals surface area contributed by atoms with Gasteiger partial charge in [0.1, 0.15) is 0 Å². The molecule has 4 nitrogen and oxygen atoms in total. The van der Waals surface area contributed by atoms with Gasteiger partial charge in [-0.15, -0.1) is 0 Å². The quantitative estimate of drug-likeness (QED) is 0.526. The zero-order valence-electron chi connectivity index (χ0n) is 15.4. The van der Waals surface area contributed by atoms with Crippen LogP contribution >= 0.6 is 0 Å². The Labute approximate surface area is 163 Å². The van der Waals surface area contributed by atoms with Crippen molar-refractivity contribution < 1.29 is 4.79 Å². The molecule has 2 aromatic carbocycles. The van der Waals surface area contributed by atoms with Crippen LogP contribution in [0.1, 0.15) is 21.5 Å². The lowest BCUT2D eigenvalue weighted by molar-refractivity contribution is 0.0736. The van der Waals surface area contributed by atoms with Gasteiger partial charge in [-0.05, 0) is 41.8 Å². The van der Waals surface area contributed by atoms with Crippen molar-refractivity contribution >= 4 is 16.8 Å². The van der Waals surface area contributed by atoms with E-state index in [4.69, 9.17) is 4.98 Å². The number of aromatic nitrogens is 2. The molecule has 1 amide bonds. The predicted octanol–water partition coefficient (Wildman–Crippen LogP) is 4.50. The van der Waals surface area contributed by atoms with Gasteiger partial charge in [-0.1, -0.05) is 42.5 Å². The van der Waals surface area contributed by atoms with E-state index in [1.165, 1.54) is 11.1 Å². The Morgan fingerprint density at radius 2 is 1.75 bits per heavy atom. The van der Waals surface area contributed by atoms with Gasteiger partial charge in [0.2, 0.25) is 0 Å². The van der Waals surface area contributed by atoms with Crippen LogP contribution in [0.2, 0.25) is 0 Å². The van der Waals surface area contributed by atoms with Gasteiger partial charge in [0.15, 0.2) is 0 Å². The molecule has 0 spiro atoms. The van der Waals surface area contributed by atoms with Crippen molar-refractivity contribution in [1.29, 1.82) is 0 Å². The fourth-order valence-electron chi connectivity index (χ4n) is 3.85. The van der Waals surface area contributed by atoms with E-state index in [2.05, 4.69) is 23.2 Å². The number of benzene rings is 2. The van der Waals surface area contributed by atoms with Crippen LogP contribution in [0.3, 0.4) is 0 Å². The molecule has 1 aliphatic heterocycles. The summed E-state index contributed by atoms with van der Waals surface area (Å²) < 4.78 is 0. The monoisotopic (exact) mass is 365 g/mol. The lowest BCUT2D eigenvalue weighted by Gasteiger charge is -2.29. The summed E-state index contributed by atoms with van der Waals surface area (Å²) in [5, 5.41) is 0.888. The van der Waals surface area contributed by atoms with E-state index in [1.807, 2.05) is 53.4 Å². The van der Waals surface area contributed by atoms with E-state index in [9.17, 15) is 4.79 Å². The smallest absolute Gasteiger partial charge is 0.254 e. The van der Waals surface area contributed by atoms with Crippen LogP contribution in [0.4, 0.5) is 0 Å². The summed E-state index contributed by atoms with van der Waals surface area (Å²) in [6.45, 7) is 1.38. The lowest BCUT2D eigenvalue weighted by Crippen LogP contribution is -2.36. The third-order valence-corrected chi connectivity index (χ3v) is 5.32. The van der Waals surface area contributed by atoms with Crippen molar-refractivity contribution in [3.05, 3.63) is 95.8 Å². The van der Waals surface area contributed by atoms with Crippen LogP contribution in [0.15, 0.2) is 79.1 Å². The summed E-state index contributed by atoms with van der Waals surface area (Å²) in [5.41, 5.74) is 5.77. The van der Waals surface area contributed by atoms with Crippen molar-refractivity contribution in [1.82, 2.24) is 14.9 Å². The van der Waals surface area contributed by atoms with Crippen molar-refractivity contribution in [2.45, 2.75) is 13.0 Å². The summed E-state index contributed by atoms with van der Waals surface area (Å²) >= 11 is 0. The minimum absolute atomic E-state index is 0.0539. The molecule has 4 heteroatoms. The van der Waals surface area contributed by atoms with Crippen LogP contribution in [-0.2, 0) is 13.0 Å². The summed E-state index contributed by atoms with van der Waals surface area (Å²) in [7, 11) is 0. The molecule has 136 valence electrons. The molecule has 0 aliphatic carbocycles. The molecule has 5 rings (SSSR count). The summed E-state index contributed by atoms with van der Waals surface area (Å²) in [6.07, 6.45) is 4.41. The molecule has 0 bridgehead atoms. The van der Waals surface area contributed by atoms with Crippen LogP contribution < -0.4 is 0 Å². The largest absolute Gasteiger partial charge is 0.334 e. The van der Waals surface area contributed by atoms with E-state index >= 15 is 0 Å². The maximum atomic E-state index is 13.5. The molecular formula is C24H19N3O. The zero-order valence-corrected chi connectivity index (χ0v) is 15.4. The SMILES string of the molecule is O=C(c1cc(-c2cccnc2)nc2ccccc12)N1CCc2ccccc2C1. The van der Waals surface area contributed by atoms with Gasteiger partial charge in [0.05, 0.1) is 16.8 Å². The Hall–Kier alpha value is -3.53. The van der Waals surface area contributed by atoms with Gasteiger partial charge >= 0.3 is 0 Å². The number of fused-ring (bicyclic) bond motifs is 2. The van der Waals surface area contributed by atoms with Gasteiger partial charge < -0.3 is 4.90 Å². The second-order valence-corrected chi connectivity index (χ2v) is 7.06. The number of pyridine rings is 2. The molecule has 0 saturated heterocycles. The highest BCUT2D eigenvalue weighted by molar-refractivity contribution is 6.07. The van der Waals surface area contributed by atoms with Crippen LogP contribution in [0.5, 0.6) is 0 Å². The molecule has 0 atom stereocenters. The highest BCUT2D eigenvalue weighted by Gasteiger charge is 2.23. The molecule has 3 heterocycles. The Bertz CT molecular complexity index is 1170. The molecule has 28 heavy (non-hydrogen) atoms. The number of hydrogen-bond donors (Lipinski definition) is 0. The fraction of sp³-hybridized carbons (Fsp3) is 0.125. The number of carbonyl (C=O) groups is 1. The van der Waals surface area contributed by atoms with Crippen molar-refractivity contribution in [2.24, 2.45) is 0 Å². The lowest BCUT2D eigenvalue weighted by atomic mass is 9.98. The number of nitrogens with zero attached hydrogens (tertiary/aromatic N) is 3. The van der Waals surface area contributed by atoms with Gasteiger partial charge in [0.25, 0.3) is 5.91 Å². The number of amides is 1. The Kier molecular flexibility index (Phi) is 4.09. The minimum atomic E-state index is 0.0539. The first-order valence-electron chi connectivity index (χ1n) is 9.46. The second kappa shape index (κ2) is 6.89. The van der Waals surface area contributed by atoms with Crippen LogP contribution in [-0.4, -0.2) is 27.3 Å². The van der Waals surface area contributed by atoms with Gasteiger partial charge in [-0.2, -0.15) is 0 Å². The number of para-hydroxylation sites is 1. The zero-order chi connectivity index (χ0) is 18.9. The molecule has 0 unspecified atom stereocenters. The number of hydrogen-bond acceptors (Lipinski definition) is 3. The van der Waals surface area contributed by atoms with E-state index in [0.29, 0.717) is 12.1 Å². The van der Waals surface area contributed by atoms with E-state index in [-0.39, 0.29) is 5.91 Å². The predicted molar refractivity (Wildman–Crippen MR) is 110 cm³/mol. The summed E-state index contributed by atoms with van der Waals surface area (Å²) in [5.74, 6) is 0.0539. The molecule has 2 aromatic heterocycles. The molecule has 0 fully saturated rings. The molecular weight excluding hydrogens is 346 g/mol. The average molecular weight is 365 g/mol. The topological polar surface area (TPSA) is 46.1 Å². The van der Waals surface area contributed by atoms with Gasteiger partial charge in [0, 0.05) is 36.4 Å². The molecule has 0 N–H and O–H groups in total. The van der Waals surface area contributed by atoms with E-state index in [0.717, 1.165) is 35.1 Å². The standard InChI is InChI=1S/C24H19N3O/c28-24(27-13-11-17-6-1-2-7-19(17)16-27)21-14-23(18-8-5-12-25-15-18)26-22-10-4-3-9-20(21)22/h1-10,12,14-15H,11,13,16H2. The van der Waals surface area contributed by atoms with Crippen LogP contribution in [0, 0.1) is 0 Å². The first kappa shape index (κ1) is 16.6. The molecule has 1 aliphatic rings. The minimum Gasteiger partial charge on any atom is -0.334 e. The van der Waals surface area contributed by atoms with E-state index < -0.39 is 0 Å². The van der Waals surface area contributed by atoms with E-state index in [1.54, 1.807) is 12.4 Å². The Morgan fingerprint density at radius 3 is 2.61 bits per heavy atom.